The predicted octanol–water partition coefficient (Wildman–Crippen LogP) is 2.64. The Labute approximate surface area is 101 Å². The molecule has 94 valence electrons. The van der Waals surface area contributed by atoms with Crippen LogP contribution in [-0.2, 0) is 0 Å². The Kier molecular flexibility index (Phi) is 4.26. The van der Waals surface area contributed by atoms with E-state index in [1.807, 2.05) is 0 Å². The van der Waals surface area contributed by atoms with Crippen LogP contribution in [0.3, 0.4) is 0 Å². The molecule has 2 fully saturated rings. The lowest BCUT2D eigenvalue weighted by Gasteiger charge is -2.41. The topological polar surface area (TPSA) is 15.3 Å². The third kappa shape index (κ3) is 3.21. The van der Waals surface area contributed by atoms with Crippen molar-refractivity contribution < 1.29 is 0 Å². The van der Waals surface area contributed by atoms with E-state index >= 15 is 0 Å². The van der Waals surface area contributed by atoms with Gasteiger partial charge in [-0.2, -0.15) is 0 Å². The van der Waals surface area contributed by atoms with Gasteiger partial charge in [0.25, 0.3) is 0 Å². The molecule has 1 saturated carbocycles. The Hall–Kier alpha value is -0.0800. The molecule has 0 aromatic heterocycles. The van der Waals surface area contributed by atoms with E-state index in [-0.39, 0.29) is 0 Å². The van der Waals surface area contributed by atoms with E-state index in [0.717, 1.165) is 6.04 Å². The van der Waals surface area contributed by atoms with Crippen molar-refractivity contribution in [2.75, 3.05) is 26.2 Å². The summed E-state index contributed by atoms with van der Waals surface area (Å²) in [5.41, 5.74) is 0.681. The lowest BCUT2D eigenvalue weighted by molar-refractivity contribution is 0.0960. The molecule has 2 nitrogen and oxygen atoms in total. The van der Waals surface area contributed by atoms with Crippen molar-refractivity contribution in [3.05, 3.63) is 0 Å². The monoisotopic (exact) mass is 224 g/mol. The largest absolute Gasteiger partial charge is 0.313 e. The van der Waals surface area contributed by atoms with Crippen molar-refractivity contribution in [3.8, 4) is 0 Å². The summed E-state index contributed by atoms with van der Waals surface area (Å²) < 4.78 is 0. The van der Waals surface area contributed by atoms with Crippen LogP contribution in [0.5, 0.6) is 0 Å². The first-order valence-corrected chi connectivity index (χ1v) is 7.24. The van der Waals surface area contributed by atoms with Gasteiger partial charge >= 0.3 is 0 Å². The number of hydrogen-bond acceptors (Lipinski definition) is 2. The van der Waals surface area contributed by atoms with Crippen molar-refractivity contribution in [1.82, 2.24) is 10.2 Å². The molecule has 0 atom stereocenters. The SMILES string of the molecule is CCC1(CC)CCN(CCNC2CC2)CC1. The molecule has 1 saturated heterocycles. The fourth-order valence-corrected chi connectivity index (χ4v) is 2.92. The quantitative estimate of drug-likeness (QED) is 0.746. The highest BCUT2D eigenvalue weighted by Crippen LogP contribution is 2.37. The van der Waals surface area contributed by atoms with E-state index in [1.165, 1.54) is 64.7 Å². The molecule has 0 aromatic rings. The summed E-state index contributed by atoms with van der Waals surface area (Å²) >= 11 is 0. The van der Waals surface area contributed by atoms with Crippen LogP contribution in [0.4, 0.5) is 0 Å². The van der Waals surface area contributed by atoms with E-state index in [4.69, 9.17) is 0 Å². The molecule has 0 amide bonds. The Morgan fingerprint density at radius 2 is 1.75 bits per heavy atom. The molecule has 16 heavy (non-hydrogen) atoms. The molecule has 0 aromatic carbocycles. The van der Waals surface area contributed by atoms with Crippen molar-refractivity contribution in [3.63, 3.8) is 0 Å². The average Bonchev–Trinajstić information content (AvgIpc) is 3.14. The highest BCUT2D eigenvalue weighted by molar-refractivity contribution is 4.85. The summed E-state index contributed by atoms with van der Waals surface area (Å²) in [7, 11) is 0. The first kappa shape index (κ1) is 12.4. The molecule has 1 aliphatic carbocycles. The third-order valence-corrected chi connectivity index (χ3v) is 4.86. The van der Waals surface area contributed by atoms with Gasteiger partial charge in [0.1, 0.15) is 0 Å². The van der Waals surface area contributed by atoms with E-state index in [1.54, 1.807) is 0 Å². The molecule has 2 aliphatic rings. The fourth-order valence-electron chi connectivity index (χ4n) is 2.92. The molecular formula is C14H28N2. The van der Waals surface area contributed by atoms with Crippen LogP contribution in [0, 0.1) is 5.41 Å². The Morgan fingerprint density at radius 3 is 2.25 bits per heavy atom. The smallest absolute Gasteiger partial charge is 0.0107 e. The minimum Gasteiger partial charge on any atom is -0.313 e. The number of nitrogens with one attached hydrogen (secondary N) is 1. The summed E-state index contributed by atoms with van der Waals surface area (Å²) in [6, 6.07) is 0.871. The molecular weight excluding hydrogens is 196 g/mol. The first-order chi connectivity index (χ1) is 7.78. The average molecular weight is 224 g/mol. The maximum atomic E-state index is 3.61. The number of piperidine rings is 1. The van der Waals surface area contributed by atoms with Gasteiger partial charge in [0.05, 0.1) is 0 Å². The van der Waals surface area contributed by atoms with Crippen LogP contribution in [-0.4, -0.2) is 37.1 Å². The fraction of sp³-hybridized carbons (Fsp3) is 1.00. The molecule has 1 heterocycles. The Balaban J connectivity index is 1.63. The number of likely N-dealkylation sites (tertiary alicyclic amines) is 1. The standard InChI is InChI=1S/C14H28N2/c1-3-14(4-2)7-10-16(11-8-14)12-9-15-13-5-6-13/h13,15H,3-12H2,1-2H3. The molecule has 2 heteroatoms. The van der Waals surface area contributed by atoms with Crippen molar-refractivity contribution >= 4 is 0 Å². The maximum Gasteiger partial charge on any atom is 0.0107 e. The summed E-state index contributed by atoms with van der Waals surface area (Å²) in [6.45, 7) is 9.86. The van der Waals surface area contributed by atoms with E-state index in [9.17, 15) is 0 Å². The maximum absolute atomic E-state index is 3.61. The predicted molar refractivity (Wildman–Crippen MR) is 69.7 cm³/mol. The van der Waals surface area contributed by atoms with Gasteiger partial charge in [-0.05, 0) is 44.2 Å². The number of nitrogens with zero attached hydrogens (tertiary/aromatic N) is 1. The van der Waals surface area contributed by atoms with Gasteiger partial charge in [0.2, 0.25) is 0 Å². The van der Waals surface area contributed by atoms with Crippen molar-refractivity contribution in [2.45, 2.75) is 58.4 Å². The van der Waals surface area contributed by atoms with Crippen molar-refractivity contribution in [1.29, 1.82) is 0 Å². The molecule has 0 radical (unpaired) electrons. The van der Waals surface area contributed by atoms with E-state index < -0.39 is 0 Å². The summed E-state index contributed by atoms with van der Waals surface area (Å²) in [4.78, 5) is 2.65. The molecule has 0 unspecified atom stereocenters. The van der Waals surface area contributed by atoms with Gasteiger partial charge in [-0.25, -0.2) is 0 Å². The third-order valence-electron chi connectivity index (χ3n) is 4.86. The highest BCUT2D eigenvalue weighted by atomic mass is 15.1. The van der Waals surface area contributed by atoms with Crippen LogP contribution < -0.4 is 5.32 Å². The molecule has 0 bridgehead atoms. The highest BCUT2D eigenvalue weighted by Gasteiger charge is 2.31. The summed E-state index contributed by atoms with van der Waals surface area (Å²) in [6.07, 6.45) is 8.41. The van der Waals surface area contributed by atoms with Gasteiger partial charge < -0.3 is 10.2 Å². The van der Waals surface area contributed by atoms with Gasteiger partial charge in [-0.1, -0.05) is 26.7 Å². The van der Waals surface area contributed by atoms with Gasteiger partial charge in [-0.3, -0.25) is 0 Å². The molecule has 0 spiro atoms. The number of hydrogen-bond donors (Lipinski definition) is 1. The zero-order valence-electron chi connectivity index (χ0n) is 11.1. The Bertz CT molecular complexity index is 197. The number of rotatable bonds is 6. The summed E-state index contributed by atoms with van der Waals surface area (Å²) in [5.74, 6) is 0. The van der Waals surface area contributed by atoms with Gasteiger partial charge in [0, 0.05) is 19.1 Å². The normalized spacial score (nSPS) is 25.9. The zero-order valence-corrected chi connectivity index (χ0v) is 11.1. The molecule has 1 N–H and O–H groups in total. The van der Waals surface area contributed by atoms with Crippen LogP contribution >= 0.6 is 0 Å². The van der Waals surface area contributed by atoms with E-state index in [2.05, 4.69) is 24.1 Å². The minimum absolute atomic E-state index is 0.681. The second kappa shape index (κ2) is 5.50. The van der Waals surface area contributed by atoms with Gasteiger partial charge in [0.15, 0.2) is 0 Å². The first-order valence-electron chi connectivity index (χ1n) is 7.24. The zero-order chi connectivity index (χ0) is 11.4. The van der Waals surface area contributed by atoms with Crippen LogP contribution in [0.25, 0.3) is 0 Å². The van der Waals surface area contributed by atoms with Gasteiger partial charge in [-0.15, -0.1) is 0 Å². The van der Waals surface area contributed by atoms with Crippen LogP contribution in [0.2, 0.25) is 0 Å². The van der Waals surface area contributed by atoms with Crippen LogP contribution in [0.1, 0.15) is 52.4 Å². The van der Waals surface area contributed by atoms with Crippen molar-refractivity contribution in [2.24, 2.45) is 5.41 Å². The van der Waals surface area contributed by atoms with E-state index in [0.29, 0.717) is 5.41 Å². The second-order valence-corrected chi connectivity index (χ2v) is 5.78. The molecule has 2 rings (SSSR count). The second-order valence-electron chi connectivity index (χ2n) is 5.78. The lowest BCUT2D eigenvalue weighted by Crippen LogP contribution is -2.42. The summed E-state index contributed by atoms with van der Waals surface area (Å²) in [5, 5.41) is 3.61. The van der Waals surface area contributed by atoms with Crippen LogP contribution in [0.15, 0.2) is 0 Å². The minimum atomic E-state index is 0.681. The Morgan fingerprint density at radius 1 is 1.12 bits per heavy atom. The molecule has 1 aliphatic heterocycles. The lowest BCUT2D eigenvalue weighted by atomic mass is 9.74.